The number of thiophene rings is 1. The van der Waals surface area contributed by atoms with E-state index in [1.54, 1.807) is 0 Å². The lowest BCUT2D eigenvalue weighted by Crippen LogP contribution is -2.52. The minimum absolute atomic E-state index is 0.256. The molecule has 2 heterocycles. The molecule has 1 aliphatic heterocycles. The molecule has 1 unspecified atom stereocenters. The summed E-state index contributed by atoms with van der Waals surface area (Å²) in [6.45, 7) is 9.14. The van der Waals surface area contributed by atoms with Gasteiger partial charge >= 0.3 is 0 Å². The van der Waals surface area contributed by atoms with Crippen LogP contribution < -0.4 is 10.6 Å². The molecule has 0 amide bonds. The summed E-state index contributed by atoms with van der Waals surface area (Å²) in [4.78, 5) is 7.08. The highest BCUT2D eigenvalue weighted by Gasteiger charge is 2.33. The van der Waals surface area contributed by atoms with Crippen LogP contribution in [0.15, 0.2) is 17.1 Å². The first-order valence-electron chi connectivity index (χ1n) is 7.11. The van der Waals surface area contributed by atoms with Gasteiger partial charge in [-0.3, -0.25) is 4.99 Å². The average Bonchev–Trinajstić information content (AvgIpc) is 2.77. The van der Waals surface area contributed by atoms with Crippen LogP contribution in [0.2, 0.25) is 0 Å². The van der Waals surface area contributed by atoms with Gasteiger partial charge in [0.1, 0.15) is 0 Å². The van der Waals surface area contributed by atoms with Gasteiger partial charge in [-0.15, -0.1) is 11.3 Å². The third-order valence-electron chi connectivity index (χ3n) is 3.49. The molecule has 1 aromatic heterocycles. The van der Waals surface area contributed by atoms with E-state index in [-0.39, 0.29) is 5.41 Å². The first-order valence-corrected chi connectivity index (χ1v) is 7.93. The fraction of sp³-hybridized carbons (Fsp3) is 0.667. The van der Waals surface area contributed by atoms with E-state index < -0.39 is 0 Å². The van der Waals surface area contributed by atoms with Crippen molar-refractivity contribution < 1.29 is 4.74 Å². The maximum Gasteiger partial charge on any atom is 0.191 e. The SMILES string of the molecule is CN=C(NCC1(C)COC1)NC(C)Cc1ccc(C)s1. The molecule has 1 fully saturated rings. The molecule has 1 saturated heterocycles. The van der Waals surface area contributed by atoms with Crippen LogP contribution in [0.3, 0.4) is 0 Å². The summed E-state index contributed by atoms with van der Waals surface area (Å²) in [5.74, 6) is 0.874. The standard InChI is InChI=1S/C15H25N3OS/c1-11(7-13-6-5-12(2)20-13)18-14(16-4)17-8-15(3)9-19-10-15/h5-6,11H,7-10H2,1-4H3,(H2,16,17,18). The van der Waals surface area contributed by atoms with Crippen LogP contribution in [0, 0.1) is 12.3 Å². The number of nitrogens with one attached hydrogen (secondary N) is 2. The Morgan fingerprint density at radius 1 is 1.50 bits per heavy atom. The summed E-state index contributed by atoms with van der Waals surface area (Å²) in [5, 5.41) is 6.85. The monoisotopic (exact) mass is 295 g/mol. The van der Waals surface area contributed by atoms with E-state index >= 15 is 0 Å². The van der Waals surface area contributed by atoms with Crippen LogP contribution in [-0.4, -0.2) is 38.8 Å². The molecule has 0 saturated carbocycles. The normalized spacial score (nSPS) is 19.3. The highest BCUT2D eigenvalue weighted by Crippen LogP contribution is 2.25. The van der Waals surface area contributed by atoms with Crippen LogP contribution in [0.5, 0.6) is 0 Å². The van der Waals surface area contributed by atoms with Crippen molar-refractivity contribution in [1.82, 2.24) is 10.6 Å². The van der Waals surface area contributed by atoms with Crippen molar-refractivity contribution in [2.45, 2.75) is 33.2 Å². The number of hydrogen-bond acceptors (Lipinski definition) is 3. The molecule has 20 heavy (non-hydrogen) atoms. The fourth-order valence-corrected chi connectivity index (χ4v) is 3.24. The number of guanidine groups is 1. The molecule has 0 radical (unpaired) electrons. The molecule has 1 aliphatic rings. The van der Waals surface area contributed by atoms with Gasteiger partial charge in [0, 0.05) is 41.2 Å². The Labute approximate surface area is 125 Å². The van der Waals surface area contributed by atoms with Crippen molar-refractivity contribution in [3.63, 3.8) is 0 Å². The minimum atomic E-state index is 0.256. The summed E-state index contributed by atoms with van der Waals surface area (Å²) < 4.78 is 5.27. The first kappa shape index (κ1) is 15.3. The number of aliphatic imine (C=N–C) groups is 1. The van der Waals surface area contributed by atoms with Crippen LogP contribution in [0.4, 0.5) is 0 Å². The summed E-state index contributed by atoms with van der Waals surface area (Å²) in [7, 11) is 1.82. The fourth-order valence-electron chi connectivity index (χ4n) is 2.23. The molecular weight excluding hydrogens is 270 g/mol. The molecule has 5 heteroatoms. The Kier molecular flexibility index (Phi) is 5.05. The molecule has 0 bridgehead atoms. The molecule has 2 rings (SSSR count). The second-order valence-corrected chi connectivity index (χ2v) is 7.36. The second kappa shape index (κ2) is 6.59. The van der Waals surface area contributed by atoms with Crippen molar-refractivity contribution in [2.75, 3.05) is 26.8 Å². The zero-order chi connectivity index (χ0) is 14.6. The van der Waals surface area contributed by atoms with Crippen LogP contribution in [0.25, 0.3) is 0 Å². The minimum Gasteiger partial charge on any atom is -0.380 e. The molecular formula is C15H25N3OS. The third-order valence-corrected chi connectivity index (χ3v) is 4.52. The van der Waals surface area contributed by atoms with Gasteiger partial charge in [0.05, 0.1) is 13.2 Å². The first-order chi connectivity index (χ1) is 9.50. The Balaban J connectivity index is 1.77. The van der Waals surface area contributed by atoms with Gasteiger partial charge in [-0.25, -0.2) is 0 Å². The summed E-state index contributed by atoms with van der Waals surface area (Å²) in [6.07, 6.45) is 1.03. The Bertz CT molecular complexity index is 465. The lowest BCUT2D eigenvalue weighted by Gasteiger charge is -2.38. The molecule has 0 aromatic carbocycles. The highest BCUT2D eigenvalue weighted by molar-refractivity contribution is 7.11. The van der Waals surface area contributed by atoms with Crippen molar-refractivity contribution in [3.05, 3.63) is 21.9 Å². The maximum atomic E-state index is 5.27. The van der Waals surface area contributed by atoms with Gasteiger partial charge < -0.3 is 15.4 Å². The largest absolute Gasteiger partial charge is 0.380 e. The molecule has 2 N–H and O–H groups in total. The second-order valence-electron chi connectivity index (χ2n) is 5.99. The van der Waals surface area contributed by atoms with E-state index in [0.29, 0.717) is 6.04 Å². The van der Waals surface area contributed by atoms with Gasteiger partial charge in [-0.05, 0) is 26.0 Å². The summed E-state index contributed by atoms with van der Waals surface area (Å²) >= 11 is 1.86. The number of aryl methyl sites for hydroxylation is 1. The van der Waals surface area contributed by atoms with Gasteiger partial charge in [0.2, 0.25) is 0 Å². The predicted octanol–water partition coefficient (Wildman–Crippen LogP) is 2.19. The van der Waals surface area contributed by atoms with Crippen molar-refractivity contribution >= 4 is 17.3 Å². The van der Waals surface area contributed by atoms with Crippen LogP contribution >= 0.6 is 11.3 Å². The van der Waals surface area contributed by atoms with Gasteiger partial charge in [0.25, 0.3) is 0 Å². The topological polar surface area (TPSA) is 45.7 Å². The lowest BCUT2D eigenvalue weighted by molar-refractivity contribution is -0.0971. The van der Waals surface area contributed by atoms with Crippen molar-refractivity contribution in [2.24, 2.45) is 10.4 Å². The number of ether oxygens (including phenoxy) is 1. The van der Waals surface area contributed by atoms with E-state index in [1.807, 2.05) is 18.4 Å². The predicted molar refractivity (Wildman–Crippen MR) is 85.6 cm³/mol. The quantitative estimate of drug-likeness (QED) is 0.646. The molecule has 112 valence electrons. The zero-order valence-electron chi connectivity index (χ0n) is 12.8. The van der Waals surface area contributed by atoms with E-state index in [9.17, 15) is 0 Å². The number of nitrogens with zero attached hydrogens (tertiary/aromatic N) is 1. The average molecular weight is 295 g/mol. The third kappa shape index (κ3) is 4.21. The van der Waals surface area contributed by atoms with Crippen molar-refractivity contribution in [1.29, 1.82) is 0 Å². The molecule has 1 atom stereocenters. The Morgan fingerprint density at radius 3 is 2.75 bits per heavy atom. The highest BCUT2D eigenvalue weighted by atomic mass is 32.1. The van der Waals surface area contributed by atoms with E-state index in [2.05, 4.69) is 48.5 Å². The Morgan fingerprint density at radius 2 is 2.25 bits per heavy atom. The van der Waals surface area contributed by atoms with Crippen LogP contribution in [-0.2, 0) is 11.2 Å². The van der Waals surface area contributed by atoms with Crippen LogP contribution in [0.1, 0.15) is 23.6 Å². The van der Waals surface area contributed by atoms with Gasteiger partial charge in [-0.1, -0.05) is 6.92 Å². The van der Waals surface area contributed by atoms with Gasteiger partial charge in [-0.2, -0.15) is 0 Å². The maximum absolute atomic E-state index is 5.27. The lowest BCUT2D eigenvalue weighted by atomic mass is 9.89. The van der Waals surface area contributed by atoms with Gasteiger partial charge in [0.15, 0.2) is 5.96 Å². The molecule has 0 aliphatic carbocycles. The number of hydrogen-bond donors (Lipinski definition) is 2. The number of rotatable bonds is 5. The van der Waals surface area contributed by atoms with E-state index in [4.69, 9.17) is 4.74 Å². The molecule has 0 spiro atoms. The molecule has 4 nitrogen and oxygen atoms in total. The van der Waals surface area contributed by atoms with E-state index in [1.165, 1.54) is 9.75 Å². The van der Waals surface area contributed by atoms with E-state index in [0.717, 1.165) is 32.1 Å². The van der Waals surface area contributed by atoms with Crippen molar-refractivity contribution in [3.8, 4) is 0 Å². The summed E-state index contributed by atoms with van der Waals surface area (Å²) in [5.41, 5.74) is 0.256. The smallest absolute Gasteiger partial charge is 0.191 e. The Hall–Kier alpha value is -1.07. The zero-order valence-corrected chi connectivity index (χ0v) is 13.6. The summed E-state index contributed by atoms with van der Waals surface area (Å²) in [6, 6.07) is 4.75. The molecule has 1 aromatic rings.